The molecule has 0 radical (unpaired) electrons. The minimum absolute atomic E-state index is 0.328. The number of nitrogens with zero attached hydrogens (tertiary/aromatic N) is 1. The number of hydrogen-bond acceptors (Lipinski definition) is 4. The van der Waals surface area contributed by atoms with Crippen molar-refractivity contribution in [3.05, 3.63) is 24.2 Å². The van der Waals surface area contributed by atoms with Gasteiger partial charge in [-0.2, -0.15) is 0 Å². The van der Waals surface area contributed by atoms with Crippen molar-refractivity contribution in [2.75, 3.05) is 0 Å². The fourth-order valence-electron chi connectivity index (χ4n) is 0.476. The SMILES string of the molecule is C=C1NC(N)=NC=C1N. The molecule has 0 spiro atoms. The van der Waals surface area contributed by atoms with E-state index < -0.39 is 0 Å². The molecule has 1 heterocycles. The van der Waals surface area contributed by atoms with Crippen LogP contribution >= 0.6 is 0 Å². The van der Waals surface area contributed by atoms with Crippen LogP contribution in [-0.2, 0) is 0 Å². The van der Waals surface area contributed by atoms with Crippen LogP contribution in [0.2, 0.25) is 0 Å². The molecule has 0 amide bonds. The number of hydrogen-bond donors (Lipinski definition) is 3. The van der Waals surface area contributed by atoms with Gasteiger partial charge in [-0.25, -0.2) is 4.99 Å². The summed E-state index contributed by atoms with van der Waals surface area (Å²) >= 11 is 0. The van der Waals surface area contributed by atoms with E-state index in [-0.39, 0.29) is 0 Å². The summed E-state index contributed by atoms with van der Waals surface area (Å²) in [5.41, 5.74) is 11.8. The van der Waals surface area contributed by atoms with E-state index in [0.29, 0.717) is 17.4 Å². The zero-order valence-electron chi connectivity index (χ0n) is 4.89. The van der Waals surface area contributed by atoms with Crippen molar-refractivity contribution in [1.82, 2.24) is 5.32 Å². The van der Waals surface area contributed by atoms with Gasteiger partial charge in [0.1, 0.15) is 0 Å². The molecule has 4 nitrogen and oxygen atoms in total. The van der Waals surface area contributed by atoms with Gasteiger partial charge in [0.2, 0.25) is 0 Å². The predicted molar refractivity (Wildman–Crippen MR) is 36.2 cm³/mol. The second-order valence-electron chi connectivity index (χ2n) is 1.70. The van der Waals surface area contributed by atoms with Crippen LogP contribution < -0.4 is 16.8 Å². The van der Waals surface area contributed by atoms with Gasteiger partial charge < -0.3 is 16.8 Å². The van der Waals surface area contributed by atoms with Gasteiger partial charge in [-0.05, 0) is 0 Å². The summed E-state index contributed by atoms with van der Waals surface area (Å²) in [5, 5.41) is 2.67. The van der Waals surface area contributed by atoms with Crippen molar-refractivity contribution in [2.24, 2.45) is 16.5 Å². The van der Waals surface area contributed by atoms with E-state index in [1.165, 1.54) is 6.20 Å². The van der Waals surface area contributed by atoms with Gasteiger partial charge in [-0.15, -0.1) is 0 Å². The van der Waals surface area contributed by atoms with Gasteiger partial charge in [0.25, 0.3) is 0 Å². The zero-order valence-corrected chi connectivity index (χ0v) is 4.89. The highest BCUT2D eigenvalue weighted by atomic mass is 15.1. The fourth-order valence-corrected chi connectivity index (χ4v) is 0.476. The Morgan fingerprint density at radius 1 is 1.56 bits per heavy atom. The molecule has 0 unspecified atom stereocenters. The molecule has 0 aliphatic carbocycles. The standard InChI is InChI=1S/C5H8N4/c1-3-4(6)2-8-5(7)9-3/h2H,1,6H2,(H3,7,8,9). The number of guanidine groups is 1. The molecule has 0 aromatic carbocycles. The second kappa shape index (κ2) is 1.81. The highest BCUT2D eigenvalue weighted by Gasteiger charge is 2.02. The molecule has 1 rings (SSSR count). The third-order valence-corrected chi connectivity index (χ3v) is 0.970. The molecule has 0 bridgehead atoms. The summed E-state index contributed by atoms with van der Waals surface area (Å²) in [6.45, 7) is 3.58. The van der Waals surface area contributed by atoms with Crippen molar-refractivity contribution in [2.45, 2.75) is 0 Å². The molecule has 1 aliphatic heterocycles. The van der Waals surface area contributed by atoms with E-state index in [2.05, 4.69) is 16.9 Å². The second-order valence-corrected chi connectivity index (χ2v) is 1.70. The van der Waals surface area contributed by atoms with Gasteiger partial charge in [0, 0.05) is 0 Å². The Bertz CT molecular complexity index is 201. The van der Waals surface area contributed by atoms with E-state index in [0.717, 1.165) is 0 Å². The van der Waals surface area contributed by atoms with E-state index in [1.807, 2.05) is 0 Å². The number of aliphatic imine (C=N–C) groups is 1. The minimum Gasteiger partial charge on any atom is -0.396 e. The van der Waals surface area contributed by atoms with Crippen LogP contribution in [0.25, 0.3) is 0 Å². The highest BCUT2D eigenvalue weighted by Crippen LogP contribution is 1.99. The van der Waals surface area contributed by atoms with Crippen molar-refractivity contribution < 1.29 is 0 Å². The third-order valence-electron chi connectivity index (χ3n) is 0.970. The Kier molecular flexibility index (Phi) is 1.14. The lowest BCUT2D eigenvalue weighted by Gasteiger charge is -2.11. The van der Waals surface area contributed by atoms with Crippen molar-refractivity contribution >= 4 is 5.96 Å². The largest absolute Gasteiger partial charge is 0.396 e. The Hall–Kier alpha value is -1.45. The quantitative estimate of drug-likeness (QED) is 0.396. The van der Waals surface area contributed by atoms with E-state index >= 15 is 0 Å². The van der Waals surface area contributed by atoms with Crippen LogP contribution in [0, 0.1) is 0 Å². The van der Waals surface area contributed by atoms with E-state index in [9.17, 15) is 0 Å². The Labute approximate surface area is 52.9 Å². The summed E-state index contributed by atoms with van der Waals surface area (Å²) in [6, 6.07) is 0. The molecule has 48 valence electrons. The molecule has 0 aromatic heterocycles. The molecule has 5 N–H and O–H groups in total. The fraction of sp³-hybridized carbons (Fsp3) is 0. The van der Waals surface area contributed by atoms with Gasteiger partial charge >= 0.3 is 0 Å². The summed E-state index contributed by atoms with van der Waals surface area (Å²) in [4.78, 5) is 3.70. The first-order valence-electron chi connectivity index (χ1n) is 2.45. The molecule has 1 aliphatic rings. The molecule has 0 atom stereocenters. The smallest absolute Gasteiger partial charge is 0.197 e. The van der Waals surface area contributed by atoms with Crippen LogP contribution in [0.3, 0.4) is 0 Å². The van der Waals surface area contributed by atoms with Gasteiger partial charge in [0.05, 0.1) is 17.6 Å². The molecular formula is C5H8N4. The van der Waals surface area contributed by atoms with E-state index in [4.69, 9.17) is 11.5 Å². The Morgan fingerprint density at radius 2 is 2.22 bits per heavy atom. The average Bonchev–Trinajstić information content (AvgIpc) is 1.80. The molecule has 0 saturated heterocycles. The molecule has 4 heteroatoms. The maximum absolute atomic E-state index is 5.38. The third kappa shape index (κ3) is 1.02. The minimum atomic E-state index is 0.328. The highest BCUT2D eigenvalue weighted by molar-refractivity contribution is 5.82. The first-order chi connectivity index (χ1) is 4.20. The maximum atomic E-state index is 5.38. The van der Waals surface area contributed by atoms with E-state index in [1.54, 1.807) is 0 Å². The predicted octanol–water partition coefficient (Wildman–Crippen LogP) is -0.782. The topological polar surface area (TPSA) is 76.4 Å². The first kappa shape index (κ1) is 5.68. The first-order valence-corrected chi connectivity index (χ1v) is 2.45. The van der Waals surface area contributed by atoms with Crippen molar-refractivity contribution in [3.8, 4) is 0 Å². The number of nitrogens with two attached hydrogens (primary N) is 2. The molecule has 0 aromatic rings. The van der Waals surface area contributed by atoms with Crippen LogP contribution in [0.15, 0.2) is 29.2 Å². The van der Waals surface area contributed by atoms with Crippen LogP contribution in [-0.4, -0.2) is 5.96 Å². The van der Waals surface area contributed by atoms with Gasteiger partial charge in [-0.3, -0.25) is 0 Å². The Morgan fingerprint density at radius 3 is 2.67 bits per heavy atom. The van der Waals surface area contributed by atoms with Gasteiger partial charge in [-0.1, -0.05) is 6.58 Å². The van der Waals surface area contributed by atoms with Crippen molar-refractivity contribution in [3.63, 3.8) is 0 Å². The number of rotatable bonds is 0. The lowest BCUT2D eigenvalue weighted by atomic mass is 10.3. The van der Waals surface area contributed by atoms with Gasteiger partial charge in [0.15, 0.2) is 5.96 Å². The van der Waals surface area contributed by atoms with Crippen LogP contribution in [0.4, 0.5) is 0 Å². The summed E-state index contributed by atoms with van der Waals surface area (Å²) in [5.74, 6) is 0.328. The summed E-state index contributed by atoms with van der Waals surface area (Å²) in [6.07, 6.45) is 1.47. The summed E-state index contributed by atoms with van der Waals surface area (Å²) in [7, 11) is 0. The lowest BCUT2D eigenvalue weighted by molar-refractivity contribution is 1.05. The molecule has 0 saturated carbocycles. The maximum Gasteiger partial charge on any atom is 0.197 e. The molecular weight excluding hydrogens is 116 g/mol. The van der Waals surface area contributed by atoms with Crippen molar-refractivity contribution in [1.29, 1.82) is 0 Å². The van der Waals surface area contributed by atoms with Crippen LogP contribution in [0.1, 0.15) is 0 Å². The summed E-state index contributed by atoms with van der Waals surface area (Å²) < 4.78 is 0. The average molecular weight is 124 g/mol. The molecule has 0 fully saturated rings. The normalized spacial score (nSPS) is 18.0. The zero-order chi connectivity index (χ0) is 6.85. The Balaban J connectivity index is 2.86. The monoisotopic (exact) mass is 124 g/mol. The lowest BCUT2D eigenvalue weighted by Crippen LogP contribution is -2.34. The number of nitrogens with one attached hydrogen (secondary N) is 1. The van der Waals surface area contributed by atoms with Crippen LogP contribution in [0.5, 0.6) is 0 Å². The molecule has 9 heavy (non-hydrogen) atoms.